The third-order valence-corrected chi connectivity index (χ3v) is 1.92. The molecule has 1 aromatic rings. The second-order valence-corrected chi connectivity index (χ2v) is 2.74. The number of ether oxygens (including phenoxy) is 1. The zero-order chi connectivity index (χ0) is 8.39. The van der Waals surface area contributed by atoms with Gasteiger partial charge in [-0.3, -0.25) is 0 Å². The highest BCUT2D eigenvalue weighted by atomic mass is 16.5. The molecule has 0 fully saturated rings. The highest BCUT2D eigenvalue weighted by molar-refractivity contribution is 5.38. The van der Waals surface area contributed by atoms with Crippen LogP contribution in [0.25, 0.3) is 0 Å². The van der Waals surface area contributed by atoms with E-state index in [9.17, 15) is 0 Å². The number of fused-ring (bicyclic) bond motifs is 1. The summed E-state index contributed by atoms with van der Waals surface area (Å²) in [4.78, 5) is 0. The van der Waals surface area contributed by atoms with Crippen molar-refractivity contribution >= 4 is 0 Å². The van der Waals surface area contributed by atoms with Crippen molar-refractivity contribution in [3.05, 3.63) is 41.7 Å². The first kappa shape index (κ1) is 7.37. The van der Waals surface area contributed by atoms with Crippen LogP contribution >= 0.6 is 0 Å². The lowest BCUT2D eigenvalue weighted by Crippen LogP contribution is -2.07. The number of aliphatic hydroxyl groups excluding tert-OH is 1. The fourth-order valence-corrected chi connectivity index (χ4v) is 1.28. The predicted octanol–water partition coefficient (Wildman–Crippen LogP) is 1.50. The van der Waals surface area contributed by atoms with Gasteiger partial charge < -0.3 is 9.84 Å². The van der Waals surface area contributed by atoms with Crippen LogP contribution in [0, 0.1) is 0 Å². The Balaban J connectivity index is 2.31. The Hall–Kier alpha value is -1.28. The lowest BCUT2D eigenvalue weighted by Gasteiger charge is -2.16. The van der Waals surface area contributed by atoms with E-state index in [1.807, 2.05) is 30.3 Å². The highest BCUT2D eigenvalue weighted by Crippen LogP contribution is 2.25. The Kier molecular flexibility index (Phi) is 1.84. The Labute approximate surface area is 71.1 Å². The lowest BCUT2D eigenvalue weighted by atomic mass is 10.1. The van der Waals surface area contributed by atoms with Crippen molar-refractivity contribution in [2.45, 2.75) is 6.42 Å². The molecule has 2 nitrogen and oxygen atoms in total. The molecule has 0 spiro atoms. The summed E-state index contributed by atoms with van der Waals surface area (Å²) in [5, 5.41) is 8.82. The molecule has 0 bridgehead atoms. The van der Waals surface area contributed by atoms with Crippen molar-refractivity contribution in [1.29, 1.82) is 0 Å². The fourth-order valence-electron chi connectivity index (χ4n) is 1.28. The van der Waals surface area contributed by atoms with Crippen molar-refractivity contribution in [2.24, 2.45) is 0 Å². The second kappa shape index (κ2) is 2.99. The Morgan fingerprint density at radius 2 is 2.17 bits per heavy atom. The summed E-state index contributed by atoms with van der Waals surface area (Å²) in [6.07, 6.45) is 2.76. The summed E-state index contributed by atoms with van der Waals surface area (Å²) in [5.74, 6) is 1.51. The van der Waals surface area contributed by atoms with E-state index < -0.39 is 0 Å². The van der Waals surface area contributed by atoms with Crippen molar-refractivity contribution in [3.8, 4) is 5.75 Å². The van der Waals surface area contributed by atoms with Crippen LogP contribution in [0.2, 0.25) is 0 Å². The number of rotatable bonds is 1. The van der Waals surface area contributed by atoms with Crippen LogP contribution in [0.4, 0.5) is 0 Å². The smallest absolute Gasteiger partial charge is 0.130 e. The van der Waals surface area contributed by atoms with Gasteiger partial charge in [0.1, 0.15) is 18.1 Å². The molecule has 0 aromatic heterocycles. The maximum atomic E-state index is 8.82. The van der Waals surface area contributed by atoms with Gasteiger partial charge in [-0.1, -0.05) is 18.2 Å². The van der Waals surface area contributed by atoms with Crippen LogP contribution < -0.4 is 4.74 Å². The average Bonchev–Trinajstić information content (AvgIpc) is 2.17. The fraction of sp³-hybridized carbons (Fsp3) is 0.200. The number of hydrogen-bond donors (Lipinski definition) is 1. The zero-order valence-electron chi connectivity index (χ0n) is 6.66. The SMILES string of the molecule is OCC1=CCc2ccccc2O1. The quantitative estimate of drug-likeness (QED) is 0.678. The van der Waals surface area contributed by atoms with Gasteiger partial charge in [0.25, 0.3) is 0 Å². The van der Waals surface area contributed by atoms with Gasteiger partial charge in [-0.05, 0) is 24.1 Å². The van der Waals surface area contributed by atoms with Crippen molar-refractivity contribution in [1.82, 2.24) is 0 Å². The van der Waals surface area contributed by atoms with Crippen LogP contribution in [-0.2, 0) is 6.42 Å². The normalized spacial score (nSPS) is 14.6. The molecule has 1 aliphatic rings. The molecule has 0 saturated carbocycles. The number of benzene rings is 1. The first-order valence-corrected chi connectivity index (χ1v) is 3.96. The first-order chi connectivity index (χ1) is 5.90. The van der Waals surface area contributed by atoms with Gasteiger partial charge in [-0.2, -0.15) is 0 Å². The molecule has 2 heteroatoms. The molecule has 0 atom stereocenters. The molecule has 0 saturated heterocycles. The third-order valence-electron chi connectivity index (χ3n) is 1.92. The van der Waals surface area contributed by atoms with Gasteiger partial charge in [0.2, 0.25) is 0 Å². The monoisotopic (exact) mass is 162 g/mol. The molecule has 2 rings (SSSR count). The van der Waals surface area contributed by atoms with E-state index in [0.717, 1.165) is 12.2 Å². The standard InChI is InChI=1S/C10H10O2/c11-7-9-6-5-8-3-1-2-4-10(8)12-9/h1-4,6,11H,5,7H2. The summed E-state index contributed by atoms with van der Waals surface area (Å²) in [5.41, 5.74) is 1.18. The van der Waals surface area contributed by atoms with Crippen molar-refractivity contribution in [3.63, 3.8) is 0 Å². The molecule has 62 valence electrons. The van der Waals surface area contributed by atoms with Crippen LogP contribution in [0.3, 0.4) is 0 Å². The van der Waals surface area contributed by atoms with Gasteiger partial charge in [-0.15, -0.1) is 0 Å². The first-order valence-electron chi connectivity index (χ1n) is 3.96. The molecule has 0 amide bonds. The summed E-state index contributed by atoms with van der Waals surface area (Å²) in [6, 6.07) is 7.86. The number of aliphatic hydroxyl groups is 1. The van der Waals surface area contributed by atoms with Crippen molar-refractivity contribution in [2.75, 3.05) is 6.61 Å². The van der Waals surface area contributed by atoms with E-state index in [1.165, 1.54) is 5.56 Å². The molecule has 0 aliphatic carbocycles. The molecule has 0 radical (unpaired) electrons. The molecule has 0 unspecified atom stereocenters. The van der Waals surface area contributed by atoms with E-state index in [2.05, 4.69) is 0 Å². The Bertz CT molecular complexity index is 315. The van der Waals surface area contributed by atoms with E-state index in [0.29, 0.717) is 5.76 Å². The summed E-state index contributed by atoms with van der Waals surface area (Å²) >= 11 is 0. The molecule has 1 aliphatic heterocycles. The van der Waals surface area contributed by atoms with E-state index in [4.69, 9.17) is 9.84 Å². The van der Waals surface area contributed by atoms with Gasteiger partial charge in [-0.25, -0.2) is 0 Å². The average molecular weight is 162 g/mol. The minimum atomic E-state index is -0.0195. The molecular weight excluding hydrogens is 152 g/mol. The third kappa shape index (κ3) is 1.21. The van der Waals surface area contributed by atoms with Gasteiger partial charge in [0.15, 0.2) is 0 Å². The topological polar surface area (TPSA) is 29.5 Å². The largest absolute Gasteiger partial charge is 0.459 e. The van der Waals surface area contributed by atoms with E-state index >= 15 is 0 Å². The molecule has 1 N–H and O–H groups in total. The molecule has 1 heterocycles. The number of allylic oxidation sites excluding steroid dienone is 1. The van der Waals surface area contributed by atoms with Gasteiger partial charge >= 0.3 is 0 Å². The number of hydrogen-bond acceptors (Lipinski definition) is 2. The summed E-state index contributed by atoms with van der Waals surface area (Å²) in [7, 11) is 0. The maximum Gasteiger partial charge on any atom is 0.130 e. The van der Waals surface area contributed by atoms with Crippen LogP contribution in [0.5, 0.6) is 5.75 Å². The number of para-hydroxylation sites is 1. The molecular formula is C10H10O2. The van der Waals surface area contributed by atoms with E-state index in [1.54, 1.807) is 0 Å². The zero-order valence-corrected chi connectivity index (χ0v) is 6.66. The minimum Gasteiger partial charge on any atom is -0.459 e. The van der Waals surface area contributed by atoms with Gasteiger partial charge in [0, 0.05) is 0 Å². The van der Waals surface area contributed by atoms with Crippen LogP contribution in [-0.4, -0.2) is 11.7 Å². The maximum absolute atomic E-state index is 8.82. The molecule has 1 aromatic carbocycles. The second-order valence-electron chi connectivity index (χ2n) is 2.74. The molecule has 12 heavy (non-hydrogen) atoms. The summed E-state index contributed by atoms with van der Waals surface area (Å²) in [6.45, 7) is -0.0195. The predicted molar refractivity (Wildman–Crippen MR) is 45.9 cm³/mol. The van der Waals surface area contributed by atoms with Crippen molar-refractivity contribution < 1.29 is 9.84 Å². The Morgan fingerprint density at radius 3 is 3.00 bits per heavy atom. The minimum absolute atomic E-state index is 0.0195. The summed E-state index contributed by atoms with van der Waals surface area (Å²) < 4.78 is 5.39. The highest BCUT2D eigenvalue weighted by Gasteiger charge is 2.09. The Morgan fingerprint density at radius 1 is 1.33 bits per heavy atom. The van der Waals surface area contributed by atoms with Gasteiger partial charge in [0.05, 0.1) is 0 Å². The lowest BCUT2D eigenvalue weighted by molar-refractivity contribution is 0.258. The van der Waals surface area contributed by atoms with Crippen LogP contribution in [0.15, 0.2) is 36.1 Å². The van der Waals surface area contributed by atoms with E-state index in [-0.39, 0.29) is 6.61 Å². The van der Waals surface area contributed by atoms with Crippen LogP contribution in [0.1, 0.15) is 5.56 Å².